The lowest BCUT2D eigenvalue weighted by atomic mass is 9.77. The number of carboxylic acid groups (broad SMARTS) is 1. The summed E-state index contributed by atoms with van der Waals surface area (Å²) in [5.41, 5.74) is 4.49. The molecule has 3 N–H and O–H groups in total. The number of carbonyl (C=O) groups is 1. The molecular weight excluding hydrogens is 206 g/mol. The number of ether oxygens (including phenoxy) is 1. The largest absolute Gasteiger partial charge is 0.543 e. The molecule has 0 radical (unpaired) electrons. The van der Waals surface area contributed by atoms with E-state index in [0.717, 1.165) is 29.7 Å². The van der Waals surface area contributed by atoms with Gasteiger partial charge < -0.3 is 20.4 Å². The van der Waals surface area contributed by atoms with E-state index in [1.54, 1.807) is 19.2 Å². The van der Waals surface area contributed by atoms with E-state index in [1.807, 2.05) is 6.07 Å². The van der Waals surface area contributed by atoms with Crippen LogP contribution < -0.4 is 15.6 Å². The Hall–Kier alpha value is -1.55. The lowest BCUT2D eigenvalue weighted by Gasteiger charge is -2.33. The fourth-order valence-corrected chi connectivity index (χ4v) is 2.30. The van der Waals surface area contributed by atoms with Crippen molar-refractivity contribution < 1.29 is 20.4 Å². The van der Waals surface area contributed by atoms with Crippen molar-refractivity contribution in [3.8, 4) is 5.75 Å². The van der Waals surface area contributed by atoms with Crippen LogP contribution >= 0.6 is 0 Å². The van der Waals surface area contributed by atoms with Crippen molar-refractivity contribution in [3.63, 3.8) is 0 Å². The summed E-state index contributed by atoms with van der Waals surface area (Å²) in [7, 11) is 1.60. The zero-order valence-electron chi connectivity index (χ0n) is 9.29. The molecule has 2 rings (SSSR count). The van der Waals surface area contributed by atoms with Crippen LogP contribution in [0.3, 0.4) is 0 Å². The summed E-state index contributed by atoms with van der Waals surface area (Å²) in [6, 6.07) is 5.44. The molecule has 86 valence electrons. The zero-order valence-corrected chi connectivity index (χ0v) is 9.29. The van der Waals surface area contributed by atoms with Crippen LogP contribution in [-0.4, -0.2) is 13.1 Å². The Bertz CT molecular complexity index is 430. The van der Waals surface area contributed by atoms with Gasteiger partial charge in [0.15, 0.2) is 5.54 Å². The number of benzene rings is 1. The van der Waals surface area contributed by atoms with Gasteiger partial charge in [0.25, 0.3) is 0 Å². The van der Waals surface area contributed by atoms with Crippen LogP contribution in [0.1, 0.15) is 24.0 Å². The van der Waals surface area contributed by atoms with Crippen molar-refractivity contribution in [3.05, 3.63) is 29.3 Å². The van der Waals surface area contributed by atoms with Crippen LogP contribution in [0.5, 0.6) is 5.75 Å². The molecule has 4 heteroatoms. The average molecular weight is 221 g/mol. The lowest BCUT2D eigenvalue weighted by Crippen LogP contribution is -2.77. The van der Waals surface area contributed by atoms with E-state index in [4.69, 9.17) is 4.74 Å². The smallest absolute Gasteiger partial charge is 0.160 e. The molecule has 0 saturated heterocycles. The topological polar surface area (TPSA) is 77.0 Å². The molecule has 0 heterocycles. The van der Waals surface area contributed by atoms with Gasteiger partial charge in [-0.05, 0) is 36.6 Å². The first-order chi connectivity index (χ1) is 7.58. The number of quaternary nitrogens is 1. The predicted octanol–water partition coefficient (Wildman–Crippen LogP) is -0.781. The number of aliphatic carboxylic acids is 1. The highest BCUT2D eigenvalue weighted by atomic mass is 16.5. The Kier molecular flexibility index (Phi) is 2.59. The van der Waals surface area contributed by atoms with E-state index in [-0.39, 0.29) is 0 Å². The number of fused-ring (bicyclic) bond motifs is 1. The quantitative estimate of drug-likeness (QED) is 0.711. The van der Waals surface area contributed by atoms with Gasteiger partial charge in [0.2, 0.25) is 0 Å². The van der Waals surface area contributed by atoms with Gasteiger partial charge in [0.05, 0.1) is 7.11 Å². The van der Waals surface area contributed by atoms with Crippen LogP contribution in [0, 0.1) is 0 Å². The van der Waals surface area contributed by atoms with Crippen molar-refractivity contribution in [1.82, 2.24) is 0 Å². The van der Waals surface area contributed by atoms with E-state index < -0.39 is 11.5 Å². The first-order valence-electron chi connectivity index (χ1n) is 5.32. The second-order valence-corrected chi connectivity index (χ2v) is 4.25. The molecule has 0 unspecified atom stereocenters. The van der Waals surface area contributed by atoms with Crippen molar-refractivity contribution in [1.29, 1.82) is 0 Å². The summed E-state index contributed by atoms with van der Waals surface area (Å²) in [5, 5.41) is 11.2. The highest BCUT2D eigenvalue weighted by molar-refractivity contribution is 5.77. The minimum absolute atomic E-state index is 0.536. The monoisotopic (exact) mass is 221 g/mol. The normalized spacial score (nSPS) is 23.6. The molecule has 4 nitrogen and oxygen atoms in total. The SMILES string of the molecule is COc1ccc2c(c1)CCC[C@]2([NH3+])C(=O)[O-]. The van der Waals surface area contributed by atoms with Gasteiger partial charge in [-0.15, -0.1) is 0 Å². The van der Waals surface area contributed by atoms with E-state index in [1.165, 1.54) is 0 Å². The van der Waals surface area contributed by atoms with Crippen LogP contribution in [-0.2, 0) is 16.8 Å². The fraction of sp³-hybridized carbons (Fsp3) is 0.417. The van der Waals surface area contributed by atoms with Crippen molar-refractivity contribution in [2.24, 2.45) is 0 Å². The molecule has 1 aliphatic carbocycles. The van der Waals surface area contributed by atoms with Crippen molar-refractivity contribution in [2.75, 3.05) is 7.11 Å². The number of hydrogen-bond donors (Lipinski definition) is 1. The molecule has 0 spiro atoms. The minimum atomic E-state index is -1.10. The van der Waals surface area contributed by atoms with Gasteiger partial charge in [-0.1, -0.05) is 0 Å². The highest BCUT2D eigenvalue weighted by Crippen LogP contribution is 2.33. The molecule has 1 atom stereocenters. The van der Waals surface area contributed by atoms with Crippen LogP contribution in [0.15, 0.2) is 18.2 Å². The first-order valence-corrected chi connectivity index (χ1v) is 5.32. The average Bonchev–Trinajstić information content (AvgIpc) is 2.28. The second-order valence-electron chi connectivity index (χ2n) is 4.25. The molecule has 0 aromatic heterocycles. The Balaban J connectivity index is 2.51. The Morgan fingerprint density at radius 2 is 2.31 bits per heavy atom. The lowest BCUT2D eigenvalue weighted by molar-refractivity contribution is -0.498. The molecule has 0 bridgehead atoms. The summed E-state index contributed by atoms with van der Waals surface area (Å²) in [5.74, 6) is -0.347. The van der Waals surface area contributed by atoms with E-state index in [2.05, 4.69) is 5.73 Å². The second kappa shape index (κ2) is 3.79. The van der Waals surface area contributed by atoms with Crippen LogP contribution in [0.4, 0.5) is 0 Å². The van der Waals surface area contributed by atoms with Gasteiger partial charge in [-0.25, -0.2) is 0 Å². The number of hydrogen-bond acceptors (Lipinski definition) is 3. The molecule has 0 fully saturated rings. The maximum absolute atomic E-state index is 11.2. The minimum Gasteiger partial charge on any atom is -0.543 e. The first kappa shape index (κ1) is 11.0. The maximum atomic E-state index is 11.2. The number of carbonyl (C=O) groups excluding carboxylic acids is 1. The van der Waals surface area contributed by atoms with Crippen LogP contribution in [0.2, 0.25) is 0 Å². The third kappa shape index (κ3) is 1.55. The van der Waals surface area contributed by atoms with E-state index >= 15 is 0 Å². The Labute approximate surface area is 94.0 Å². The zero-order chi connectivity index (χ0) is 11.8. The summed E-state index contributed by atoms with van der Waals surface area (Å²) >= 11 is 0. The summed E-state index contributed by atoms with van der Waals surface area (Å²) in [6.45, 7) is 0. The standard InChI is InChI=1S/C12H15NO3/c1-16-9-4-5-10-8(7-9)3-2-6-12(10,13)11(14)15/h4-5,7H,2-3,6,13H2,1H3,(H,14,15)/t12-/m1/s1. The van der Waals surface area contributed by atoms with E-state index in [9.17, 15) is 9.90 Å². The summed E-state index contributed by atoms with van der Waals surface area (Å²) in [4.78, 5) is 11.2. The number of methoxy groups -OCH3 is 1. The van der Waals surface area contributed by atoms with Crippen molar-refractivity contribution in [2.45, 2.75) is 24.8 Å². The molecule has 0 saturated carbocycles. The molecule has 0 aliphatic heterocycles. The molecule has 1 aliphatic rings. The third-order valence-corrected chi connectivity index (χ3v) is 3.27. The Morgan fingerprint density at radius 1 is 1.56 bits per heavy atom. The van der Waals surface area contributed by atoms with Gasteiger partial charge in [-0.3, -0.25) is 0 Å². The van der Waals surface area contributed by atoms with Gasteiger partial charge in [0.1, 0.15) is 11.7 Å². The number of carboxylic acids is 1. The highest BCUT2D eigenvalue weighted by Gasteiger charge is 2.38. The third-order valence-electron chi connectivity index (χ3n) is 3.27. The molecular formula is C12H15NO3. The molecule has 0 amide bonds. The number of rotatable bonds is 2. The summed E-state index contributed by atoms with van der Waals surface area (Å²) in [6.07, 6.45) is 2.23. The van der Waals surface area contributed by atoms with Gasteiger partial charge in [-0.2, -0.15) is 0 Å². The Morgan fingerprint density at radius 3 is 2.94 bits per heavy atom. The van der Waals surface area contributed by atoms with Gasteiger partial charge >= 0.3 is 0 Å². The maximum Gasteiger partial charge on any atom is 0.160 e. The molecule has 1 aromatic rings. The number of aryl methyl sites for hydroxylation is 1. The molecule has 1 aromatic carbocycles. The summed E-state index contributed by atoms with van der Waals surface area (Å²) < 4.78 is 5.13. The van der Waals surface area contributed by atoms with Crippen LogP contribution in [0.25, 0.3) is 0 Å². The molecule has 16 heavy (non-hydrogen) atoms. The fourth-order valence-electron chi connectivity index (χ4n) is 2.30. The van der Waals surface area contributed by atoms with Crippen molar-refractivity contribution >= 4 is 5.97 Å². The van der Waals surface area contributed by atoms with Gasteiger partial charge in [0, 0.05) is 12.0 Å². The predicted molar refractivity (Wildman–Crippen MR) is 55.5 cm³/mol. The van der Waals surface area contributed by atoms with E-state index in [0.29, 0.717) is 6.42 Å².